The van der Waals surface area contributed by atoms with Gasteiger partial charge in [-0.25, -0.2) is 4.79 Å². The zero-order valence-corrected chi connectivity index (χ0v) is 13.6. The predicted octanol–water partition coefficient (Wildman–Crippen LogP) is 4.97. The molecule has 0 bridgehead atoms. The van der Waals surface area contributed by atoms with Crippen molar-refractivity contribution >= 4 is 6.09 Å². The molecule has 0 aliphatic rings. The highest BCUT2D eigenvalue weighted by Gasteiger charge is 2.31. The molecule has 9 heteroatoms. The average Bonchev–Trinajstić information content (AvgIpc) is 2.44. The van der Waals surface area contributed by atoms with Gasteiger partial charge in [-0.05, 0) is 50.4 Å². The number of carbonyl (C=O) groups excluding carboxylic acids is 1. The van der Waals surface area contributed by atoms with Gasteiger partial charge in [-0.2, -0.15) is 13.2 Å². The van der Waals surface area contributed by atoms with Crippen LogP contribution >= 0.6 is 0 Å². The fourth-order valence-electron chi connectivity index (χ4n) is 1.94. The molecule has 0 aliphatic carbocycles. The third kappa shape index (κ3) is 6.78. The fraction of sp³-hybridized carbons (Fsp3) is 0.533. The quantitative estimate of drug-likeness (QED) is 0.464. The van der Waals surface area contributed by atoms with Crippen molar-refractivity contribution in [2.75, 3.05) is 6.54 Å². The Morgan fingerprint density at radius 2 is 2.04 bits per heavy atom. The largest absolute Gasteiger partial charge is 0.444 e. The predicted molar refractivity (Wildman–Crippen MR) is 82.2 cm³/mol. The van der Waals surface area contributed by atoms with Gasteiger partial charge in [0.2, 0.25) is 0 Å². The minimum Gasteiger partial charge on any atom is -0.444 e. The number of carbonyl (C=O) groups is 1. The second-order valence-corrected chi connectivity index (χ2v) is 6.07. The number of halogens is 3. The summed E-state index contributed by atoms with van der Waals surface area (Å²) in [7, 11) is 0. The van der Waals surface area contributed by atoms with Gasteiger partial charge in [0, 0.05) is 11.5 Å². The minimum atomic E-state index is -4.49. The molecule has 0 aromatic heterocycles. The molecule has 1 rings (SSSR count). The highest BCUT2D eigenvalue weighted by atomic mass is 19.4. The molecule has 1 atom stereocenters. The molecule has 1 aromatic rings. The van der Waals surface area contributed by atoms with E-state index < -0.39 is 29.5 Å². The summed E-state index contributed by atoms with van der Waals surface area (Å²) in [6, 6.07) is 3.86. The van der Waals surface area contributed by atoms with Gasteiger partial charge >= 0.3 is 12.3 Å². The highest BCUT2D eigenvalue weighted by Crippen LogP contribution is 2.31. The summed E-state index contributed by atoms with van der Waals surface area (Å²) in [5, 5.41) is 5.87. The van der Waals surface area contributed by atoms with Crippen molar-refractivity contribution in [3.8, 4) is 0 Å². The summed E-state index contributed by atoms with van der Waals surface area (Å²) < 4.78 is 43.7. The average molecular weight is 344 g/mol. The smallest absolute Gasteiger partial charge is 0.416 e. The third-order valence-corrected chi connectivity index (χ3v) is 2.89. The van der Waals surface area contributed by atoms with Crippen LogP contribution in [0.1, 0.15) is 44.4 Å². The summed E-state index contributed by atoms with van der Waals surface area (Å²) in [6.07, 6.45) is -5.10. The zero-order chi connectivity index (χ0) is 18.4. The van der Waals surface area contributed by atoms with E-state index in [0.29, 0.717) is 0 Å². The zero-order valence-electron chi connectivity index (χ0n) is 13.6. The van der Waals surface area contributed by atoms with Gasteiger partial charge in [0.1, 0.15) is 5.60 Å². The molecule has 1 unspecified atom stereocenters. The first-order chi connectivity index (χ1) is 11.0. The summed E-state index contributed by atoms with van der Waals surface area (Å²) in [5.41, 5.74) is 7.02. The molecule has 1 N–H and O–H groups in total. The summed E-state index contributed by atoms with van der Waals surface area (Å²) in [6.45, 7) is 5.04. The Balaban J connectivity index is 3.01. The van der Waals surface area contributed by atoms with E-state index in [4.69, 9.17) is 10.3 Å². The molecule has 0 heterocycles. The molecule has 6 nitrogen and oxygen atoms in total. The number of nitrogens with one attached hydrogen (secondary N) is 1. The van der Waals surface area contributed by atoms with Crippen LogP contribution in [-0.4, -0.2) is 18.2 Å². The Labute approximate surface area is 137 Å². The number of benzene rings is 1. The molecular weight excluding hydrogens is 325 g/mol. The van der Waals surface area contributed by atoms with Crippen molar-refractivity contribution in [3.63, 3.8) is 0 Å². The molecule has 0 spiro atoms. The Kier molecular flexibility index (Phi) is 6.48. The van der Waals surface area contributed by atoms with Crippen LogP contribution in [0.15, 0.2) is 29.4 Å². The number of amides is 1. The van der Waals surface area contributed by atoms with E-state index in [-0.39, 0.29) is 18.5 Å². The van der Waals surface area contributed by atoms with Crippen molar-refractivity contribution in [2.45, 2.75) is 45.0 Å². The van der Waals surface area contributed by atoms with Crippen LogP contribution in [-0.2, 0) is 10.9 Å². The SMILES string of the molecule is CC(C)(C)OC(=O)NC(CCN=[N+]=[N-])c1cccc(C(F)(F)F)c1. The van der Waals surface area contributed by atoms with Crippen LogP contribution in [0.3, 0.4) is 0 Å². The number of rotatable bonds is 5. The van der Waals surface area contributed by atoms with E-state index >= 15 is 0 Å². The maximum Gasteiger partial charge on any atom is 0.416 e. The maximum atomic E-state index is 12.8. The number of hydrogen-bond acceptors (Lipinski definition) is 3. The lowest BCUT2D eigenvalue weighted by atomic mass is 10.0. The van der Waals surface area contributed by atoms with Crippen LogP contribution in [0.2, 0.25) is 0 Å². The van der Waals surface area contributed by atoms with Gasteiger partial charge in [0.25, 0.3) is 0 Å². The number of alkyl halides is 3. The highest BCUT2D eigenvalue weighted by molar-refractivity contribution is 5.68. The number of nitrogens with zero attached hydrogens (tertiary/aromatic N) is 3. The molecule has 1 amide bonds. The molecule has 0 radical (unpaired) electrons. The molecule has 24 heavy (non-hydrogen) atoms. The van der Waals surface area contributed by atoms with E-state index in [1.54, 1.807) is 20.8 Å². The molecule has 0 saturated carbocycles. The third-order valence-electron chi connectivity index (χ3n) is 2.89. The van der Waals surface area contributed by atoms with Crippen LogP contribution in [0.4, 0.5) is 18.0 Å². The van der Waals surface area contributed by atoms with Gasteiger partial charge in [-0.15, -0.1) is 0 Å². The summed E-state index contributed by atoms with van der Waals surface area (Å²) in [4.78, 5) is 14.5. The first-order valence-electron chi connectivity index (χ1n) is 7.20. The Hall–Kier alpha value is -2.41. The molecule has 0 fully saturated rings. The van der Waals surface area contributed by atoms with E-state index in [0.717, 1.165) is 12.1 Å². The van der Waals surface area contributed by atoms with Crippen LogP contribution < -0.4 is 5.32 Å². The molecule has 0 saturated heterocycles. The second-order valence-electron chi connectivity index (χ2n) is 6.07. The number of ether oxygens (including phenoxy) is 1. The monoisotopic (exact) mass is 344 g/mol. The molecule has 1 aromatic carbocycles. The van der Waals surface area contributed by atoms with Crippen LogP contribution in [0.25, 0.3) is 10.4 Å². The Morgan fingerprint density at radius 1 is 1.38 bits per heavy atom. The Bertz CT molecular complexity index is 620. The number of azide groups is 1. The van der Waals surface area contributed by atoms with Gasteiger partial charge in [-0.3, -0.25) is 0 Å². The van der Waals surface area contributed by atoms with E-state index in [1.165, 1.54) is 12.1 Å². The van der Waals surface area contributed by atoms with Crippen molar-refractivity contribution < 1.29 is 22.7 Å². The number of alkyl carbamates (subject to hydrolysis) is 1. The van der Waals surface area contributed by atoms with Crippen molar-refractivity contribution in [1.29, 1.82) is 0 Å². The normalized spacial score (nSPS) is 12.9. The minimum absolute atomic E-state index is 0.0210. The van der Waals surface area contributed by atoms with Crippen LogP contribution in [0.5, 0.6) is 0 Å². The standard InChI is InChI=1S/C15H19F3N4O2/c1-14(2,3)24-13(23)21-12(7-8-20-22-19)10-5-4-6-11(9-10)15(16,17)18/h4-6,9,12H,7-8H2,1-3H3,(H,21,23). The topological polar surface area (TPSA) is 87.1 Å². The van der Waals surface area contributed by atoms with Gasteiger partial charge in [-0.1, -0.05) is 17.2 Å². The summed E-state index contributed by atoms with van der Waals surface area (Å²) >= 11 is 0. The second kappa shape index (κ2) is 7.92. The molecule has 0 aliphatic heterocycles. The Morgan fingerprint density at radius 3 is 2.58 bits per heavy atom. The van der Waals surface area contributed by atoms with Crippen molar-refractivity contribution in [2.24, 2.45) is 5.11 Å². The number of hydrogen-bond donors (Lipinski definition) is 1. The van der Waals surface area contributed by atoms with E-state index in [1.807, 2.05) is 0 Å². The van der Waals surface area contributed by atoms with Crippen molar-refractivity contribution in [3.05, 3.63) is 45.8 Å². The lowest BCUT2D eigenvalue weighted by Crippen LogP contribution is -2.35. The molecular formula is C15H19F3N4O2. The lowest BCUT2D eigenvalue weighted by molar-refractivity contribution is -0.137. The lowest BCUT2D eigenvalue weighted by Gasteiger charge is -2.24. The summed E-state index contributed by atoms with van der Waals surface area (Å²) in [5.74, 6) is 0. The van der Waals surface area contributed by atoms with Gasteiger partial charge in [0.05, 0.1) is 11.6 Å². The van der Waals surface area contributed by atoms with Gasteiger partial charge in [0.15, 0.2) is 0 Å². The molecule has 132 valence electrons. The fourth-order valence-corrected chi connectivity index (χ4v) is 1.94. The first-order valence-corrected chi connectivity index (χ1v) is 7.20. The van der Waals surface area contributed by atoms with E-state index in [9.17, 15) is 18.0 Å². The van der Waals surface area contributed by atoms with Gasteiger partial charge < -0.3 is 10.1 Å². The van der Waals surface area contributed by atoms with E-state index in [2.05, 4.69) is 15.3 Å². The van der Waals surface area contributed by atoms with Crippen LogP contribution in [0, 0.1) is 0 Å². The maximum absolute atomic E-state index is 12.8. The van der Waals surface area contributed by atoms with Crippen molar-refractivity contribution in [1.82, 2.24) is 5.32 Å². The first kappa shape index (κ1) is 19.6.